The Balaban J connectivity index is 1.84. The molecule has 2 aliphatic heterocycles. The van der Waals surface area contributed by atoms with E-state index >= 15 is 0 Å². The van der Waals surface area contributed by atoms with E-state index in [4.69, 9.17) is 4.98 Å². The predicted octanol–water partition coefficient (Wildman–Crippen LogP) is 2.35. The van der Waals surface area contributed by atoms with Gasteiger partial charge in [0.2, 0.25) is 0 Å². The Hall–Kier alpha value is -1.09. The second-order valence-corrected chi connectivity index (χ2v) is 6.11. The fraction of sp³-hybridized carbons (Fsp3) is 0.667. The fourth-order valence-corrected chi connectivity index (χ4v) is 3.38. The lowest BCUT2D eigenvalue weighted by Crippen LogP contribution is -2.35. The highest BCUT2D eigenvalue weighted by molar-refractivity contribution is 5.43. The van der Waals surface area contributed by atoms with Gasteiger partial charge in [0, 0.05) is 31.4 Å². The Morgan fingerprint density at radius 2 is 2.11 bits per heavy atom. The first-order valence-corrected chi connectivity index (χ1v) is 7.07. The number of hydrogen-bond acceptors (Lipinski definition) is 3. The number of hydrogen-bond donors (Lipinski definition) is 0. The van der Waals surface area contributed by atoms with E-state index in [1.54, 1.807) is 0 Å². The van der Waals surface area contributed by atoms with Crippen LogP contribution in [0.25, 0.3) is 0 Å². The van der Waals surface area contributed by atoms with Crippen LogP contribution in [-0.4, -0.2) is 42.6 Å². The summed E-state index contributed by atoms with van der Waals surface area (Å²) in [7, 11) is 2.23. The first kappa shape index (κ1) is 12.0. The van der Waals surface area contributed by atoms with Gasteiger partial charge in [-0.2, -0.15) is 0 Å². The smallest absolute Gasteiger partial charge is 0.129 e. The standard InChI is InChI=1S/C15H23N3/c1-11(2)13-5-4-6-15(16-13)18-8-7-12-9-17(3)10-14(12)18/h4-6,11-12,14H,7-10H2,1-3H3/t12-,14-/m1/s1. The first-order valence-electron chi connectivity index (χ1n) is 7.07. The predicted molar refractivity (Wildman–Crippen MR) is 75.1 cm³/mol. The zero-order chi connectivity index (χ0) is 12.7. The summed E-state index contributed by atoms with van der Waals surface area (Å²) in [6.07, 6.45) is 1.32. The van der Waals surface area contributed by atoms with Crippen molar-refractivity contribution in [1.29, 1.82) is 0 Å². The van der Waals surface area contributed by atoms with Gasteiger partial charge >= 0.3 is 0 Å². The summed E-state index contributed by atoms with van der Waals surface area (Å²) in [4.78, 5) is 9.83. The summed E-state index contributed by atoms with van der Waals surface area (Å²) < 4.78 is 0. The molecule has 3 heterocycles. The molecule has 2 atom stereocenters. The molecule has 18 heavy (non-hydrogen) atoms. The molecule has 2 fully saturated rings. The number of rotatable bonds is 2. The maximum Gasteiger partial charge on any atom is 0.129 e. The van der Waals surface area contributed by atoms with Crippen LogP contribution in [0.4, 0.5) is 5.82 Å². The second kappa shape index (κ2) is 4.54. The molecule has 3 rings (SSSR count). The molecular formula is C15H23N3. The van der Waals surface area contributed by atoms with E-state index in [2.05, 4.69) is 48.9 Å². The minimum atomic E-state index is 0.509. The highest BCUT2D eigenvalue weighted by Crippen LogP contribution is 2.33. The normalized spacial score (nSPS) is 28.1. The van der Waals surface area contributed by atoms with Gasteiger partial charge in [-0.05, 0) is 37.4 Å². The summed E-state index contributed by atoms with van der Waals surface area (Å²) in [6.45, 7) is 8.05. The van der Waals surface area contributed by atoms with Crippen molar-refractivity contribution in [1.82, 2.24) is 9.88 Å². The van der Waals surface area contributed by atoms with Crippen LogP contribution in [0.3, 0.4) is 0 Å². The van der Waals surface area contributed by atoms with Crippen molar-refractivity contribution in [2.45, 2.75) is 32.2 Å². The van der Waals surface area contributed by atoms with Crippen LogP contribution in [0, 0.1) is 5.92 Å². The van der Waals surface area contributed by atoms with Gasteiger partial charge < -0.3 is 9.80 Å². The van der Waals surface area contributed by atoms with Crippen LogP contribution in [0.1, 0.15) is 31.9 Å². The summed E-state index contributed by atoms with van der Waals surface area (Å²) in [5, 5.41) is 0. The molecule has 1 aromatic rings. The van der Waals surface area contributed by atoms with Gasteiger partial charge in [0.1, 0.15) is 5.82 Å². The Kier molecular flexibility index (Phi) is 3.02. The summed E-state index contributed by atoms with van der Waals surface area (Å²) in [5.74, 6) is 2.54. The molecule has 2 aliphatic rings. The highest BCUT2D eigenvalue weighted by atomic mass is 15.3. The molecular weight excluding hydrogens is 222 g/mol. The third kappa shape index (κ3) is 2.01. The first-order chi connectivity index (χ1) is 8.65. The quantitative estimate of drug-likeness (QED) is 0.797. The van der Waals surface area contributed by atoms with Crippen LogP contribution in [0.5, 0.6) is 0 Å². The van der Waals surface area contributed by atoms with E-state index in [0.29, 0.717) is 12.0 Å². The van der Waals surface area contributed by atoms with E-state index in [-0.39, 0.29) is 0 Å². The van der Waals surface area contributed by atoms with Gasteiger partial charge in [-0.15, -0.1) is 0 Å². The van der Waals surface area contributed by atoms with E-state index in [0.717, 1.165) is 5.92 Å². The summed E-state index contributed by atoms with van der Waals surface area (Å²) in [5.41, 5.74) is 1.21. The van der Waals surface area contributed by atoms with Crippen molar-refractivity contribution in [2.24, 2.45) is 5.92 Å². The van der Waals surface area contributed by atoms with E-state index in [1.165, 1.54) is 37.6 Å². The maximum absolute atomic E-state index is 4.85. The number of likely N-dealkylation sites (tertiary alicyclic amines) is 1. The number of fused-ring (bicyclic) bond motifs is 1. The maximum atomic E-state index is 4.85. The van der Waals surface area contributed by atoms with Crippen LogP contribution >= 0.6 is 0 Å². The minimum Gasteiger partial charge on any atom is -0.352 e. The van der Waals surface area contributed by atoms with E-state index < -0.39 is 0 Å². The molecule has 0 spiro atoms. The van der Waals surface area contributed by atoms with Gasteiger partial charge in [-0.3, -0.25) is 0 Å². The fourth-order valence-electron chi connectivity index (χ4n) is 3.38. The Morgan fingerprint density at radius 3 is 2.89 bits per heavy atom. The molecule has 0 amide bonds. The number of aromatic nitrogens is 1. The van der Waals surface area contributed by atoms with Gasteiger partial charge in [0.15, 0.2) is 0 Å². The largest absolute Gasteiger partial charge is 0.352 e. The Labute approximate surface area is 110 Å². The number of pyridine rings is 1. The van der Waals surface area contributed by atoms with Crippen molar-refractivity contribution in [3.63, 3.8) is 0 Å². The lowest BCUT2D eigenvalue weighted by Gasteiger charge is -2.26. The minimum absolute atomic E-state index is 0.509. The molecule has 0 bridgehead atoms. The zero-order valence-electron chi connectivity index (χ0n) is 11.6. The zero-order valence-corrected chi connectivity index (χ0v) is 11.6. The van der Waals surface area contributed by atoms with Crippen molar-refractivity contribution in [2.75, 3.05) is 31.6 Å². The van der Waals surface area contributed by atoms with Gasteiger partial charge in [-0.25, -0.2) is 4.98 Å². The van der Waals surface area contributed by atoms with Crippen LogP contribution < -0.4 is 4.90 Å². The number of nitrogens with zero attached hydrogens (tertiary/aromatic N) is 3. The lowest BCUT2D eigenvalue weighted by molar-refractivity contribution is 0.386. The average Bonchev–Trinajstić information content (AvgIpc) is 2.87. The molecule has 0 aliphatic carbocycles. The molecule has 3 nitrogen and oxygen atoms in total. The third-order valence-electron chi connectivity index (χ3n) is 4.37. The van der Waals surface area contributed by atoms with Crippen LogP contribution in [-0.2, 0) is 0 Å². The molecule has 3 heteroatoms. The SMILES string of the molecule is CC(C)c1cccc(N2CC[C@@H]3CN(C)C[C@H]32)n1. The Bertz CT molecular complexity index is 430. The molecule has 0 radical (unpaired) electrons. The van der Waals surface area contributed by atoms with E-state index in [1.807, 2.05) is 0 Å². The summed E-state index contributed by atoms with van der Waals surface area (Å²) >= 11 is 0. The van der Waals surface area contributed by atoms with Crippen molar-refractivity contribution < 1.29 is 0 Å². The van der Waals surface area contributed by atoms with Crippen molar-refractivity contribution in [3.8, 4) is 0 Å². The second-order valence-electron chi connectivity index (χ2n) is 6.11. The molecule has 0 N–H and O–H groups in total. The lowest BCUT2D eigenvalue weighted by atomic mass is 10.1. The van der Waals surface area contributed by atoms with Gasteiger partial charge in [0.25, 0.3) is 0 Å². The monoisotopic (exact) mass is 245 g/mol. The molecule has 2 saturated heterocycles. The molecule has 0 unspecified atom stereocenters. The summed E-state index contributed by atoms with van der Waals surface area (Å²) in [6, 6.07) is 7.16. The van der Waals surface area contributed by atoms with Gasteiger partial charge in [-0.1, -0.05) is 19.9 Å². The molecule has 1 aromatic heterocycles. The molecule has 0 saturated carbocycles. The topological polar surface area (TPSA) is 19.4 Å². The highest BCUT2D eigenvalue weighted by Gasteiger charge is 2.40. The third-order valence-corrected chi connectivity index (χ3v) is 4.37. The van der Waals surface area contributed by atoms with Crippen LogP contribution in [0.2, 0.25) is 0 Å². The van der Waals surface area contributed by atoms with Gasteiger partial charge in [0.05, 0.1) is 0 Å². The molecule has 0 aromatic carbocycles. The molecule has 98 valence electrons. The van der Waals surface area contributed by atoms with Crippen molar-refractivity contribution in [3.05, 3.63) is 23.9 Å². The Morgan fingerprint density at radius 1 is 1.28 bits per heavy atom. The van der Waals surface area contributed by atoms with Crippen molar-refractivity contribution >= 4 is 5.82 Å². The number of anilines is 1. The number of likely N-dealkylation sites (N-methyl/N-ethyl adjacent to an activating group) is 1. The average molecular weight is 245 g/mol. The van der Waals surface area contributed by atoms with E-state index in [9.17, 15) is 0 Å². The van der Waals surface area contributed by atoms with Crippen LogP contribution in [0.15, 0.2) is 18.2 Å².